The van der Waals surface area contributed by atoms with Crippen molar-refractivity contribution in [3.63, 3.8) is 0 Å². The van der Waals surface area contributed by atoms with Gasteiger partial charge in [-0.1, -0.05) is 6.92 Å². The highest BCUT2D eigenvalue weighted by molar-refractivity contribution is 4.78. The molecular formula is C11H21N2+. The second kappa shape index (κ2) is 4.62. The van der Waals surface area contributed by atoms with Crippen LogP contribution in [-0.4, -0.2) is 30.7 Å². The summed E-state index contributed by atoms with van der Waals surface area (Å²) in [5.74, 6) is 0. The molecule has 1 heterocycles. The number of likely N-dealkylation sites (tertiary alicyclic amines) is 1. The van der Waals surface area contributed by atoms with Crippen molar-refractivity contribution < 1.29 is 4.48 Å². The maximum Gasteiger partial charge on any atom is 0.102 e. The van der Waals surface area contributed by atoms with Crippen LogP contribution >= 0.6 is 0 Å². The Morgan fingerprint density at radius 3 is 2.85 bits per heavy atom. The molecule has 0 aromatic rings. The second-order valence-electron chi connectivity index (χ2n) is 4.44. The summed E-state index contributed by atoms with van der Waals surface area (Å²) in [7, 11) is 2.32. The average molecular weight is 181 g/mol. The first-order valence-electron chi connectivity index (χ1n) is 5.44. The molecule has 1 aliphatic rings. The molecule has 1 saturated heterocycles. The minimum atomic E-state index is 0.610. The van der Waals surface area contributed by atoms with E-state index in [0.29, 0.717) is 6.04 Å². The highest BCUT2D eigenvalue weighted by Crippen LogP contribution is 2.26. The summed E-state index contributed by atoms with van der Waals surface area (Å²) in [4.78, 5) is 0. The van der Waals surface area contributed by atoms with Crippen molar-refractivity contribution >= 4 is 0 Å². The first kappa shape index (κ1) is 10.5. The zero-order valence-electron chi connectivity index (χ0n) is 8.92. The lowest BCUT2D eigenvalue weighted by molar-refractivity contribution is -0.937. The predicted octanol–water partition coefficient (Wildman–Crippen LogP) is 2.31. The van der Waals surface area contributed by atoms with Gasteiger partial charge < -0.3 is 4.48 Å². The van der Waals surface area contributed by atoms with Gasteiger partial charge in [0.25, 0.3) is 0 Å². The summed E-state index contributed by atoms with van der Waals surface area (Å²) in [6.07, 6.45) is 5.90. The van der Waals surface area contributed by atoms with Gasteiger partial charge in [-0.15, -0.1) is 0 Å². The fourth-order valence-electron chi connectivity index (χ4n) is 2.58. The molecule has 2 heteroatoms. The zero-order chi connectivity index (χ0) is 9.73. The molecule has 0 aliphatic carbocycles. The first-order chi connectivity index (χ1) is 6.23. The summed E-state index contributed by atoms with van der Waals surface area (Å²) in [6, 6.07) is 2.95. The topological polar surface area (TPSA) is 23.8 Å². The highest BCUT2D eigenvalue weighted by Gasteiger charge is 2.34. The summed E-state index contributed by atoms with van der Waals surface area (Å²) >= 11 is 0. The normalized spacial score (nSPS) is 34.1. The van der Waals surface area contributed by atoms with Gasteiger partial charge >= 0.3 is 0 Å². The van der Waals surface area contributed by atoms with Crippen LogP contribution in [0.4, 0.5) is 0 Å². The Morgan fingerprint density at radius 1 is 1.46 bits per heavy atom. The lowest BCUT2D eigenvalue weighted by Gasteiger charge is -2.44. The third-order valence-electron chi connectivity index (χ3n) is 3.40. The fourth-order valence-corrected chi connectivity index (χ4v) is 2.58. The van der Waals surface area contributed by atoms with Gasteiger partial charge in [0, 0.05) is 6.42 Å². The average Bonchev–Trinajstić information content (AvgIpc) is 2.10. The molecule has 74 valence electrons. The van der Waals surface area contributed by atoms with Crippen LogP contribution in [0.1, 0.15) is 39.0 Å². The second-order valence-corrected chi connectivity index (χ2v) is 4.44. The number of piperidine rings is 1. The van der Waals surface area contributed by atoms with E-state index in [1.54, 1.807) is 0 Å². The van der Waals surface area contributed by atoms with Crippen molar-refractivity contribution in [2.45, 2.75) is 45.1 Å². The number of hydrogen-bond donors (Lipinski definition) is 0. The fraction of sp³-hybridized carbons (Fsp3) is 0.909. The van der Waals surface area contributed by atoms with Crippen LogP contribution in [0, 0.1) is 11.3 Å². The monoisotopic (exact) mass is 181 g/mol. The van der Waals surface area contributed by atoms with E-state index in [-0.39, 0.29) is 0 Å². The minimum absolute atomic E-state index is 0.610. The molecule has 0 radical (unpaired) electrons. The number of nitriles is 1. The third kappa shape index (κ3) is 2.45. The molecule has 1 fully saturated rings. The lowest BCUT2D eigenvalue weighted by Crippen LogP contribution is -2.55. The number of hydrogen-bond acceptors (Lipinski definition) is 1. The minimum Gasteiger partial charge on any atom is -0.323 e. The van der Waals surface area contributed by atoms with Gasteiger partial charge in [-0.3, -0.25) is 0 Å². The van der Waals surface area contributed by atoms with Gasteiger partial charge in [-0.05, 0) is 19.3 Å². The summed E-state index contributed by atoms with van der Waals surface area (Å²) in [5, 5.41) is 8.76. The maximum absolute atomic E-state index is 8.76. The van der Waals surface area contributed by atoms with E-state index in [2.05, 4.69) is 20.0 Å². The van der Waals surface area contributed by atoms with Crippen LogP contribution in [0.3, 0.4) is 0 Å². The molecule has 1 rings (SSSR count). The molecule has 13 heavy (non-hydrogen) atoms. The van der Waals surface area contributed by atoms with Crippen molar-refractivity contribution in [3.8, 4) is 6.07 Å². The summed E-state index contributed by atoms with van der Waals surface area (Å²) in [5.41, 5.74) is 0. The number of rotatable bonds is 3. The Labute approximate surface area is 81.7 Å². The van der Waals surface area contributed by atoms with Gasteiger partial charge in [0.1, 0.15) is 6.04 Å². The van der Waals surface area contributed by atoms with Crippen LogP contribution in [0.5, 0.6) is 0 Å². The molecule has 0 amide bonds. The summed E-state index contributed by atoms with van der Waals surface area (Å²) < 4.78 is 1.14. The van der Waals surface area contributed by atoms with E-state index < -0.39 is 0 Å². The third-order valence-corrected chi connectivity index (χ3v) is 3.40. The molecule has 0 saturated carbocycles. The molecule has 2 nitrogen and oxygen atoms in total. The largest absolute Gasteiger partial charge is 0.323 e. The molecule has 2 atom stereocenters. The Hall–Kier alpha value is -0.550. The predicted molar refractivity (Wildman–Crippen MR) is 54.1 cm³/mol. The Bertz CT molecular complexity index is 191. The van der Waals surface area contributed by atoms with E-state index in [9.17, 15) is 0 Å². The van der Waals surface area contributed by atoms with Crippen molar-refractivity contribution in [3.05, 3.63) is 0 Å². The van der Waals surface area contributed by atoms with E-state index in [4.69, 9.17) is 5.26 Å². The summed E-state index contributed by atoms with van der Waals surface area (Å²) in [6.45, 7) is 4.76. The molecule has 0 aromatic carbocycles. The van der Waals surface area contributed by atoms with Crippen LogP contribution in [0.25, 0.3) is 0 Å². The van der Waals surface area contributed by atoms with Gasteiger partial charge in [0.15, 0.2) is 0 Å². The molecular weight excluding hydrogens is 160 g/mol. The standard InChI is InChI=1S/C11H21N2/c1-3-9-13(2)10-5-4-6-11(13)7-8-12/h11H,3-7,9-10H2,1-2H3/q+1. The number of quaternary nitrogens is 1. The van der Waals surface area contributed by atoms with E-state index in [0.717, 1.165) is 10.9 Å². The molecule has 0 N–H and O–H groups in total. The van der Waals surface area contributed by atoms with Gasteiger partial charge in [0.2, 0.25) is 0 Å². The first-order valence-corrected chi connectivity index (χ1v) is 5.44. The van der Waals surface area contributed by atoms with Crippen LogP contribution in [0.2, 0.25) is 0 Å². The number of nitrogens with zero attached hydrogens (tertiary/aromatic N) is 2. The van der Waals surface area contributed by atoms with E-state index in [1.165, 1.54) is 38.8 Å². The maximum atomic E-state index is 8.76. The Balaban J connectivity index is 2.60. The quantitative estimate of drug-likeness (QED) is 0.613. The van der Waals surface area contributed by atoms with Crippen molar-refractivity contribution in [2.24, 2.45) is 0 Å². The van der Waals surface area contributed by atoms with Gasteiger partial charge in [-0.25, -0.2) is 0 Å². The zero-order valence-corrected chi connectivity index (χ0v) is 8.92. The smallest absolute Gasteiger partial charge is 0.102 e. The Kier molecular flexibility index (Phi) is 3.74. The lowest BCUT2D eigenvalue weighted by atomic mass is 9.96. The highest BCUT2D eigenvalue weighted by atomic mass is 15.4. The Morgan fingerprint density at radius 2 is 2.23 bits per heavy atom. The van der Waals surface area contributed by atoms with Crippen molar-refractivity contribution in [2.75, 3.05) is 20.1 Å². The van der Waals surface area contributed by atoms with Gasteiger partial charge in [-0.2, -0.15) is 5.26 Å². The van der Waals surface area contributed by atoms with Crippen molar-refractivity contribution in [1.29, 1.82) is 5.26 Å². The molecule has 1 aliphatic heterocycles. The van der Waals surface area contributed by atoms with E-state index >= 15 is 0 Å². The van der Waals surface area contributed by atoms with E-state index in [1.807, 2.05) is 0 Å². The molecule has 0 bridgehead atoms. The van der Waals surface area contributed by atoms with Crippen LogP contribution in [0.15, 0.2) is 0 Å². The molecule has 0 spiro atoms. The SMILES string of the molecule is CCC[N+]1(C)CCCCC1CC#N. The molecule has 0 aromatic heterocycles. The van der Waals surface area contributed by atoms with Crippen molar-refractivity contribution in [1.82, 2.24) is 0 Å². The molecule has 2 unspecified atom stereocenters. The van der Waals surface area contributed by atoms with Gasteiger partial charge in [0.05, 0.1) is 32.6 Å². The van der Waals surface area contributed by atoms with Crippen LogP contribution < -0.4 is 0 Å². The van der Waals surface area contributed by atoms with Crippen LogP contribution in [-0.2, 0) is 0 Å².